The molecule has 0 radical (unpaired) electrons. The van der Waals surface area contributed by atoms with Crippen LogP contribution >= 0.6 is 0 Å². The Bertz CT molecular complexity index is 493. The van der Waals surface area contributed by atoms with Gasteiger partial charge in [-0.25, -0.2) is 13.1 Å². The van der Waals surface area contributed by atoms with E-state index in [9.17, 15) is 13.2 Å². The minimum Gasteiger partial charge on any atom is -0.440 e. The zero-order chi connectivity index (χ0) is 13.8. The van der Waals surface area contributed by atoms with E-state index in [1.54, 1.807) is 6.92 Å². The minimum absolute atomic E-state index is 0.00341. The average Bonchev–Trinajstić information content (AvgIpc) is 2.75. The zero-order valence-electron chi connectivity index (χ0n) is 10.7. The molecule has 0 saturated heterocycles. The summed E-state index contributed by atoms with van der Waals surface area (Å²) in [6.45, 7) is 2.56. The highest BCUT2D eigenvalue weighted by Gasteiger charge is 2.21. The normalized spacial score (nSPS) is 13.8. The van der Waals surface area contributed by atoms with E-state index in [-0.39, 0.29) is 16.9 Å². The minimum atomic E-state index is -3.69. The summed E-state index contributed by atoms with van der Waals surface area (Å²) in [6, 6.07) is 2.39. The molecule has 1 aromatic rings. The molecular formula is C11H18N2O4S. The maximum absolute atomic E-state index is 11.9. The predicted octanol–water partition coefficient (Wildman–Crippen LogP) is 0.711. The van der Waals surface area contributed by atoms with Crippen LogP contribution in [-0.4, -0.2) is 46.3 Å². The standard InChI is InChI=1S/C11H18N2O4S/c1-9(6-7-13(2)3)12-18(15,16)11-5-4-10(8-14)17-11/h4-5,8-9,12H,6-7H2,1-3H3. The summed E-state index contributed by atoms with van der Waals surface area (Å²) >= 11 is 0. The summed E-state index contributed by atoms with van der Waals surface area (Å²) in [6.07, 6.45) is 1.15. The van der Waals surface area contributed by atoms with Crippen molar-refractivity contribution in [3.8, 4) is 0 Å². The summed E-state index contributed by atoms with van der Waals surface area (Å²) in [5, 5.41) is -0.235. The Balaban J connectivity index is 2.66. The Kier molecular flexibility index (Phi) is 5.06. The van der Waals surface area contributed by atoms with Gasteiger partial charge in [0, 0.05) is 6.04 Å². The molecule has 1 N–H and O–H groups in total. The summed E-state index contributed by atoms with van der Waals surface area (Å²) < 4.78 is 31.2. The number of hydrogen-bond donors (Lipinski definition) is 1. The van der Waals surface area contributed by atoms with Crippen LogP contribution in [0.25, 0.3) is 0 Å². The van der Waals surface area contributed by atoms with Gasteiger partial charge in [0.2, 0.25) is 5.09 Å². The van der Waals surface area contributed by atoms with Gasteiger partial charge in [-0.05, 0) is 46.1 Å². The lowest BCUT2D eigenvalue weighted by Gasteiger charge is -2.15. The quantitative estimate of drug-likeness (QED) is 0.741. The fourth-order valence-electron chi connectivity index (χ4n) is 1.38. The van der Waals surface area contributed by atoms with E-state index >= 15 is 0 Å². The molecule has 1 atom stereocenters. The Hall–Kier alpha value is -1.18. The van der Waals surface area contributed by atoms with E-state index in [4.69, 9.17) is 4.42 Å². The summed E-state index contributed by atoms with van der Waals surface area (Å²) in [5.74, 6) is -0.00341. The highest BCUT2D eigenvalue weighted by atomic mass is 32.2. The van der Waals surface area contributed by atoms with Crippen LogP contribution in [0.15, 0.2) is 21.6 Å². The molecule has 0 bridgehead atoms. The molecule has 7 heteroatoms. The molecule has 0 aliphatic heterocycles. The van der Waals surface area contributed by atoms with Gasteiger partial charge in [-0.2, -0.15) is 0 Å². The van der Waals surface area contributed by atoms with Gasteiger partial charge in [0.15, 0.2) is 12.0 Å². The first-order valence-corrected chi connectivity index (χ1v) is 7.05. The third kappa shape index (κ3) is 4.25. The maximum Gasteiger partial charge on any atom is 0.274 e. The zero-order valence-corrected chi connectivity index (χ0v) is 11.5. The number of rotatable bonds is 7. The van der Waals surface area contributed by atoms with Crippen molar-refractivity contribution in [2.45, 2.75) is 24.5 Å². The molecule has 18 heavy (non-hydrogen) atoms. The predicted molar refractivity (Wildman–Crippen MR) is 67.1 cm³/mol. The molecular weight excluding hydrogens is 256 g/mol. The summed E-state index contributed by atoms with van der Waals surface area (Å²) in [5.41, 5.74) is 0. The van der Waals surface area contributed by atoms with E-state index in [0.717, 1.165) is 6.54 Å². The van der Waals surface area contributed by atoms with Crippen LogP contribution in [0.3, 0.4) is 0 Å². The molecule has 1 heterocycles. The van der Waals surface area contributed by atoms with Crippen LogP contribution in [0.4, 0.5) is 0 Å². The number of hydrogen-bond acceptors (Lipinski definition) is 5. The Labute approximate surface area is 107 Å². The largest absolute Gasteiger partial charge is 0.440 e. The van der Waals surface area contributed by atoms with Crippen LogP contribution in [0, 0.1) is 0 Å². The van der Waals surface area contributed by atoms with E-state index in [2.05, 4.69) is 4.72 Å². The molecule has 0 saturated carbocycles. The second-order valence-corrected chi connectivity index (χ2v) is 6.03. The molecule has 6 nitrogen and oxygen atoms in total. The fourth-order valence-corrected chi connectivity index (χ4v) is 2.59. The van der Waals surface area contributed by atoms with Crippen LogP contribution < -0.4 is 4.72 Å². The van der Waals surface area contributed by atoms with Gasteiger partial charge in [0.1, 0.15) is 0 Å². The van der Waals surface area contributed by atoms with Gasteiger partial charge in [0.25, 0.3) is 10.0 Å². The molecule has 0 amide bonds. The molecule has 0 aromatic carbocycles. The smallest absolute Gasteiger partial charge is 0.274 e. The van der Waals surface area contributed by atoms with Gasteiger partial charge in [-0.3, -0.25) is 4.79 Å². The first-order chi connectivity index (χ1) is 8.35. The van der Waals surface area contributed by atoms with Crippen LogP contribution in [-0.2, 0) is 10.0 Å². The molecule has 1 rings (SSSR count). The van der Waals surface area contributed by atoms with Crippen molar-refractivity contribution < 1.29 is 17.6 Å². The fraction of sp³-hybridized carbons (Fsp3) is 0.545. The molecule has 0 spiro atoms. The third-order valence-electron chi connectivity index (χ3n) is 2.35. The van der Waals surface area contributed by atoms with Crippen molar-refractivity contribution in [2.24, 2.45) is 0 Å². The van der Waals surface area contributed by atoms with Gasteiger partial charge in [0.05, 0.1) is 0 Å². The van der Waals surface area contributed by atoms with E-state index < -0.39 is 10.0 Å². The van der Waals surface area contributed by atoms with Crippen LogP contribution in [0.1, 0.15) is 23.9 Å². The maximum atomic E-state index is 11.9. The Morgan fingerprint density at radius 2 is 2.11 bits per heavy atom. The van der Waals surface area contributed by atoms with Gasteiger partial charge in [-0.15, -0.1) is 0 Å². The van der Waals surface area contributed by atoms with Gasteiger partial charge in [-0.1, -0.05) is 0 Å². The topological polar surface area (TPSA) is 79.6 Å². The van der Waals surface area contributed by atoms with Gasteiger partial charge >= 0.3 is 0 Å². The van der Waals surface area contributed by atoms with E-state index in [1.165, 1.54) is 12.1 Å². The van der Waals surface area contributed by atoms with Crippen molar-refractivity contribution >= 4 is 16.3 Å². The van der Waals surface area contributed by atoms with E-state index in [1.807, 2.05) is 19.0 Å². The first-order valence-electron chi connectivity index (χ1n) is 5.57. The van der Waals surface area contributed by atoms with Crippen LogP contribution in [0.2, 0.25) is 0 Å². The number of carbonyl (C=O) groups excluding carboxylic acids is 1. The monoisotopic (exact) mass is 274 g/mol. The summed E-state index contributed by atoms with van der Waals surface area (Å²) in [7, 11) is 0.151. The summed E-state index contributed by atoms with van der Waals surface area (Å²) in [4.78, 5) is 12.4. The number of carbonyl (C=O) groups is 1. The van der Waals surface area contributed by atoms with Crippen molar-refractivity contribution in [1.82, 2.24) is 9.62 Å². The second-order valence-electron chi connectivity index (χ2n) is 4.39. The molecule has 102 valence electrons. The van der Waals surface area contributed by atoms with Gasteiger partial charge < -0.3 is 9.32 Å². The SMILES string of the molecule is CC(CCN(C)C)NS(=O)(=O)c1ccc(C=O)o1. The number of nitrogens with one attached hydrogen (secondary N) is 1. The Morgan fingerprint density at radius 1 is 1.44 bits per heavy atom. The lowest BCUT2D eigenvalue weighted by molar-refractivity contribution is 0.109. The second kappa shape index (κ2) is 6.12. The van der Waals surface area contributed by atoms with Crippen LogP contribution in [0.5, 0.6) is 0 Å². The highest BCUT2D eigenvalue weighted by molar-refractivity contribution is 7.89. The molecule has 0 fully saturated rings. The third-order valence-corrected chi connectivity index (χ3v) is 3.81. The number of sulfonamides is 1. The van der Waals surface area contributed by atoms with Crippen molar-refractivity contribution in [3.63, 3.8) is 0 Å². The van der Waals surface area contributed by atoms with E-state index in [0.29, 0.717) is 12.7 Å². The molecule has 0 aliphatic rings. The number of furan rings is 1. The average molecular weight is 274 g/mol. The lowest BCUT2D eigenvalue weighted by atomic mass is 10.2. The molecule has 1 unspecified atom stereocenters. The molecule has 0 aliphatic carbocycles. The number of nitrogens with zero attached hydrogens (tertiary/aromatic N) is 1. The number of aldehydes is 1. The lowest BCUT2D eigenvalue weighted by Crippen LogP contribution is -2.34. The van der Waals surface area contributed by atoms with Crippen molar-refractivity contribution in [1.29, 1.82) is 0 Å². The highest BCUT2D eigenvalue weighted by Crippen LogP contribution is 2.13. The van der Waals surface area contributed by atoms with Crippen molar-refractivity contribution in [3.05, 3.63) is 17.9 Å². The van der Waals surface area contributed by atoms with Crippen molar-refractivity contribution in [2.75, 3.05) is 20.6 Å². The first kappa shape index (κ1) is 14.9. The molecule has 1 aromatic heterocycles. The Morgan fingerprint density at radius 3 is 2.61 bits per heavy atom.